The summed E-state index contributed by atoms with van der Waals surface area (Å²) in [4.78, 5) is 2.40. The third kappa shape index (κ3) is 2.42. The zero-order chi connectivity index (χ0) is 6.91. The summed E-state index contributed by atoms with van der Waals surface area (Å²) >= 11 is 2.57. The fourth-order valence-electron chi connectivity index (χ4n) is 1.08. The molecule has 2 heteroatoms. The van der Waals surface area contributed by atoms with Crippen molar-refractivity contribution >= 4 is 22.6 Å². The van der Waals surface area contributed by atoms with E-state index in [1.165, 1.54) is 25.9 Å². The average Bonchev–Trinajstić information content (AvgIpc) is 1.78. The van der Waals surface area contributed by atoms with Crippen LogP contribution >= 0.6 is 22.6 Å². The van der Waals surface area contributed by atoms with Crippen LogP contribution in [0, 0.1) is 0 Å². The van der Waals surface area contributed by atoms with Crippen LogP contribution in [-0.2, 0) is 0 Å². The second-order valence-corrected chi connectivity index (χ2v) is 5.82. The van der Waals surface area contributed by atoms with Gasteiger partial charge >= 0.3 is 0 Å². The Labute approximate surface area is 70.9 Å². The van der Waals surface area contributed by atoms with Gasteiger partial charge in [0, 0.05) is 3.42 Å². The zero-order valence-electron chi connectivity index (χ0n) is 6.15. The summed E-state index contributed by atoms with van der Waals surface area (Å²) in [5.41, 5.74) is 0. The topological polar surface area (TPSA) is 3.24 Å². The highest BCUT2D eigenvalue weighted by molar-refractivity contribution is 14.1. The van der Waals surface area contributed by atoms with Crippen LogP contribution in [-0.4, -0.2) is 28.5 Å². The van der Waals surface area contributed by atoms with Gasteiger partial charge < -0.3 is 4.90 Å². The van der Waals surface area contributed by atoms with E-state index < -0.39 is 0 Å². The number of piperidine rings is 1. The van der Waals surface area contributed by atoms with E-state index in [9.17, 15) is 0 Å². The van der Waals surface area contributed by atoms with E-state index in [1.54, 1.807) is 0 Å². The normalized spacial score (nSPS) is 28.3. The Morgan fingerprint density at radius 2 is 1.78 bits per heavy atom. The molecule has 0 bridgehead atoms. The molecule has 1 aliphatic heterocycles. The molecule has 1 rings (SSSR count). The summed E-state index contributed by atoms with van der Waals surface area (Å²) < 4.78 is 0.588. The summed E-state index contributed by atoms with van der Waals surface area (Å²) in [5, 5.41) is 0. The van der Waals surface area contributed by atoms with Crippen LogP contribution in [0.5, 0.6) is 0 Å². The summed E-state index contributed by atoms with van der Waals surface area (Å²) in [5.74, 6) is 0. The van der Waals surface area contributed by atoms with E-state index in [0.717, 1.165) is 0 Å². The van der Waals surface area contributed by atoms with E-state index >= 15 is 0 Å². The minimum Gasteiger partial charge on any atom is -0.306 e. The molecule has 1 aliphatic rings. The molecule has 0 unspecified atom stereocenters. The van der Waals surface area contributed by atoms with Gasteiger partial charge in [0.25, 0.3) is 0 Å². The Kier molecular flexibility index (Phi) is 2.37. The van der Waals surface area contributed by atoms with Crippen molar-refractivity contribution in [2.24, 2.45) is 0 Å². The molecule has 54 valence electrons. The van der Waals surface area contributed by atoms with Crippen molar-refractivity contribution in [3.05, 3.63) is 0 Å². The lowest BCUT2D eigenvalue weighted by Crippen LogP contribution is -2.36. The van der Waals surface area contributed by atoms with Crippen LogP contribution in [0.2, 0.25) is 0 Å². The summed E-state index contributed by atoms with van der Waals surface area (Å²) in [6, 6.07) is 0. The molecule has 0 aromatic carbocycles. The highest BCUT2D eigenvalue weighted by Crippen LogP contribution is 2.30. The van der Waals surface area contributed by atoms with Crippen LogP contribution < -0.4 is 0 Å². The van der Waals surface area contributed by atoms with Crippen LogP contribution in [0.25, 0.3) is 0 Å². The first-order chi connectivity index (χ1) is 4.10. The number of alkyl halides is 1. The van der Waals surface area contributed by atoms with Gasteiger partial charge in [-0.05, 0) is 33.0 Å². The van der Waals surface area contributed by atoms with Gasteiger partial charge in [-0.2, -0.15) is 0 Å². The van der Waals surface area contributed by atoms with E-state index in [4.69, 9.17) is 0 Å². The molecule has 1 saturated heterocycles. The molecule has 0 aliphatic carbocycles. The largest absolute Gasteiger partial charge is 0.306 e. The van der Waals surface area contributed by atoms with Gasteiger partial charge in [-0.15, -0.1) is 0 Å². The number of hydrogen-bond donors (Lipinski definition) is 0. The van der Waals surface area contributed by atoms with Gasteiger partial charge in [0.15, 0.2) is 0 Å². The molecule has 1 nitrogen and oxygen atoms in total. The van der Waals surface area contributed by atoms with Crippen LogP contribution in [0.4, 0.5) is 0 Å². The molecule has 0 N–H and O–H groups in total. The maximum Gasteiger partial charge on any atom is 0.0218 e. The van der Waals surface area contributed by atoms with Crippen molar-refractivity contribution in [1.29, 1.82) is 0 Å². The van der Waals surface area contributed by atoms with Crippen molar-refractivity contribution in [2.75, 3.05) is 20.1 Å². The van der Waals surface area contributed by atoms with Gasteiger partial charge in [0.1, 0.15) is 0 Å². The van der Waals surface area contributed by atoms with E-state index in [1.807, 2.05) is 0 Å². The number of rotatable bonds is 0. The maximum atomic E-state index is 2.57. The monoisotopic (exact) mass is 239 g/mol. The highest BCUT2D eigenvalue weighted by atomic mass is 127. The molecule has 0 aromatic rings. The van der Waals surface area contributed by atoms with Crippen LogP contribution in [0.1, 0.15) is 19.8 Å². The summed E-state index contributed by atoms with van der Waals surface area (Å²) in [6.07, 6.45) is 2.70. The number of nitrogens with zero attached hydrogens (tertiary/aromatic N) is 1. The van der Waals surface area contributed by atoms with Crippen molar-refractivity contribution in [1.82, 2.24) is 4.90 Å². The van der Waals surface area contributed by atoms with Gasteiger partial charge in [-0.3, -0.25) is 0 Å². The third-order valence-corrected chi connectivity index (χ3v) is 3.11. The first kappa shape index (κ1) is 7.79. The maximum absolute atomic E-state index is 2.57. The summed E-state index contributed by atoms with van der Waals surface area (Å²) in [7, 11) is 2.20. The second kappa shape index (κ2) is 2.74. The minimum absolute atomic E-state index is 0.588. The molecule has 1 heterocycles. The van der Waals surface area contributed by atoms with Gasteiger partial charge in [0.05, 0.1) is 0 Å². The quantitative estimate of drug-likeness (QED) is 0.461. The Morgan fingerprint density at radius 3 is 2.11 bits per heavy atom. The molecule has 1 fully saturated rings. The smallest absolute Gasteiger partial charge is 0.0218 e. The third-order valence-electron chi connectivity index (χ3n) is 2.03. The lowest BCUT2D eigenvalue weighted by molar-refractivity contribution is 0.254. The predicted molar refractivity (Wildman–Crippen MR) is 49.2 cm³/mol. The number of hydrogen-bond acceptors (Lipinski definition) is 1. The molecule has 0 saturated carbocycles. The van der Waals surface area contributed by atoms with Crippen molar-refractivity contribution in [3.63, 3.8) is 0 Å². The lowest BCUT2D eigenvalue weighted by atomic mass is 10.00. The molecular formula is C7H14IN. The zero-order valence-corrected chi connectivity index (χ0v) is 8.31. The van der Waals surface area contributed by atoms with Crippen molar-refractivity contribution in [2.45, 2.75) is 23.2 Å². The number of likely N-dealkylation sites (tertiary alicyclic amines) is 1. The van der Waals surface area contributed by atoms with Crippen LogP contribution in [0.3, 0.4) is 0 Å². The Bertz CT molecular complexity index is 91.1. The molecule has 0 amide bonds. The SMILES string of the molecule is CN1CCC(C)(I)CC1. The van der Waals surface area contributed by atoms with Gasteiger partial charge in [0.2, 0.25) is 0 Å². The summed E-state index contributed by atoms with van der Waals surface area (Å²) in [6.45, 7) is 4.90. The average molecular weight is 239 g/mol. The standard InChI is InChI=1S/C7H14IN/c1-7(8)3-5-9(2)6-4-7/h3-6H2,1-2H3. The van der Waals surface area contributed by atoms with Gasteiger partial charge in [-0.25, -0.2) is 0 Å². The fourth-order valence-corrected chi connectivity index (χ4v) is 1.57. The molecule has 9 heavy (non-hydrogen) atoms. The molecule has 0 spiro atoms. The predicted octanol–water partition coefficient (Wildman–Crippen LogP) is 1.91. The van der Waals surface area contributed by atoms with Crippen molar-refractivity contribution in [3.8, 4) is 0 Å². The minimum atomic E-state index is 0.588. The molecule has 0 aromatic heterocycles. The Hall–Kier alpha value is 0.690. The lowest BCUT2D eigenvalue weighted by Gasteiger charge is -2.33. The number of halogens is 1. The Morgan fingerprint density at radius 1 is 1.33 bits per heavy atom. The molecule has 0 atom stereocenters. The first-order valence-electron chi connectivity index (χ1n) is 3.48. The van der Waals surface area contributed by atoms with E-state index in [2.05, 4.69) is 41.5 Å². The Balaban J connectivity index is 2.35. The second-order valence-electron chi connectivity index (χ2n) is 3.22. The van der Waals surface area contributed by atoms with Crippen molar-refractivity contribution < 1.29 is 0 Å². The van der Waals surface area contributed by atoms with Crippen LogP contribution in [0.15, 0.2) is 0 Å². The van der Waals surface area contributed by atoms with E-state index in [0.29, 0.717) is 3.42 Å². The fraction of sp³-hybridized carbons (Fsp3) is 1.00. The highest BCUT2D eigenvalue weighted by Gasteiger charge is 2.24. The molecule has 0 radical (unpaired) electrons. The van der Waals surface area contributed by atoms with Gasteiger partial charge in [-0.1, -0.05) is 29.5 Å². The van der Waals surface area contributed by atoms with E-state index in [-0.39, 0.29) is 0 Å². The molecular weight excluding hydrogens is 225 g/mol. The first-order valence-corrected chi connectivity index (χ1v) is 4.55.